The molecule has 1 aromatic heterocycles. The van der Waals surface area contributed by atoms with E-state index in [1.165, 1.54) is 59.6 Å². The molecule has 0 spiro atoms. The highest BCUT2D eigenvalue weighted by atomic mass is 28.3. The van der Waals surface area contributed by atoms with Crippen LogP contribution in [0, 0.1) is 0 Å². The summed E-state index contributed by atoms with van der Waals surface area (Å²) in [4.78, 5) is 4.82. The van der Waals surface area contributed by atoms with Crippen molar-refractivity contribution in [3.8, 4) is 11.3 Å². The highest BCUT2D eigenvalue weighted by Crippen LogP contribution is 2.35. The van der Waals surface area contributed by atoms with Crippen LogP contribution in [0.2, 0.25) is 36.3 Å². The molecule has 1 heterocycles. The van der Waals surface area contributed by atoms with E-state index in [1.807, 2.05) is 12.3 Å². The van der Waals surface area contributed by atoms with Crippen molar-refractivity contribution >= 4 is 16.1 Å². The first-order valence-electron chi connectivity index (χ1n) is 11.5. The van der Waals surface area contributed by atoms with Crippen LogP contribution in [0.25, 0.3) is 11.3 Å². The topological polar surface area (TPSA) is 12.9 Å². The molecule has 2 aromatic rings. The second-order valence-electron chi connectivity index (χ2n) is 8.64. The molecule has 0 aliphatic rings. The van der Waals surface area contributed by atoms with Crippen LogP contribution in [0.15, 0.2) is 42.6 Å². The number of nitrogens with zero attached hydrogens (tertiary/aromatic N) is 1. The van der Waals surface area contributed by atoms with Crippen molar-refractivity contribution < 1.29 is 0 Å². The maximum absolute atomic E-state index is 4.82. The molecule has 28 heavy (non-hydrogen) atoms. The summed E-state index contributed by atoms with van der Waals surface area (Å²) in [5, 5.41) is 0. The highest BCUT2D eigenvalue weighted by molar-refractivity contribution is 6.79. The van der Waals surface area contributed by atoms with E-state index in [1.54, 1.807) is 11.1 Å². The molecule has 0 aliphatic heterocycles. The molecule has 0 radical (unpaired) electrons. The zero-order chi connectivity index (χ0) is 20.6. The first-order valence-corrected chi connectivity index (χ1v) is 17.2. The van der Waals surface area contributed by atoms with Gasteiger partial charge < -0.3 is 0 Å². The first-order chi connectivity index (χ1) is 13.5. The molecule has 2 rings (SSSR count). The second kappa shape index (κ2) is 10.5. The monoisotopic (exact) mass is 411 g/mol. The molecule has 1 aromatic carbocycles. The Hall–Kier alpha value is -1.20. The highest BCUT2D eigenvalue weighted by Gasteiger charge is 2.31. The van der Waals surface area contributed by atoms with Crippen LogP contribution in [0.4, 0.5) is 0 Å². The van der Waals surface area contributed by atoms with Crippen molar-refractivity contribution in [2.45, 2.75) is 89.9 Å². The second-order valence-corrected chi connectivity index (χ2v) is 19.6. The van der Waals surface area contributed by atoms with Crippen LogP contribution in [0.5, 0.6) is 0 Å². The summed E-state index contributed by atoms with van der Waals surface area (Å²) in [6.07, 6.45) is 1.96. The van der Waals surface area contributed by atoms with Gasteiger partial charge in [0.25, 0.3) is 0 Å². The van der Waals surface area contributed by atoms with Gasteiger partial charge in [-0.15, -0.1) is 0 Å². The van der Waals surface area contributed by atoms with E-state index >= 15 is 0 Å². The lowest BCUT2D eigenvalue weighted by atomic mass is 9.99. The SMILES string of the molecule is CC[Si](CC)(CC)Cc1cccc(C[Si](CC)(CC)CC)c1-c1ccccn1. The van der Waals surface area contributed by atoms with Crippen molar-refractivity contribution in [3.63, 3.8) is 0 Å². The van der Waals surface area contributed by atoms with Crippen molar-refractivity contribution in [2.24, 2.45) is 0 Å². The molecule has 154 valence electrons. The lowest BCUT2D eigenvalue weighted by Crippen LogP contribution is -2.36. The number of benzene rings is 1. The number of aromatic nitrogens is 1. The maximum Gasteiger partial charge on any atom is 0.0707 e. The largest absolute Gasteiger partial charge is 0.256 e. The zero-order valence-electron chi connectivity index (χ0n) is 19.1. The lowest BCUT2D eigenvalue weighted by Gasteiger charge is -2.32. The minimum absolute atomic E-state index is 1.19. The minimum Gasteiger partial charge on any atom is -0.256 e. The zero-order valence-corrected chi connectivity index (χ0v) is 21.1. The molecule has 0 N–H and O–H groups in total. The fourth-order valence-corrected chi connectivity index (χ4v) is 11.6. The smallest absolute Gasteiger partial charge is 0.0707 e. The maximum atomic E-state index is 4.82. The third-order valence-electron chi connectivity index (χ3n) is 7.79. The summed E-state index contributed by atoms with van der Waals surface area (Å²) in [6.45, 7) is 14.5. The molecule has 0 amide bonds. The van der Waals surface area contributed by atoms with E-state index in [9.17, 15) is 0 Å². The van der Waals surface area contributed by atoms with Crippen molar-refractivity contribution in [3.05, 3.63) is 53.7 Å². The fourth-order valence-electron chi connectivity index (χ4n) is 4.85. The Morgan fingerprint density at radius 3 is 1.43 bits per heavy atom. The molecular formula is C25H41NSi2. The number of hydrogen-bond acceptors (Lipinski definition) is 1. The lowest BCUT2D eigenvalue weighted by molar-refractivity contribution is 1.08. The van der Waals surface area contributed by atoms with Gasteiger partial charge in [-0.25, -0.2) is 0 Å². The molecule has 0 bridgehead atoms. The predicted octanol–water partition coefficient (Wildman–Crippen LogP) is 7.93. The fraction of sp³-hybridized carbons (Fsp3) is 0.560. The van der Waals surface area contributed by atoms with Crippen LogP contribution < -0.4 is 0 Å². The number of hydrogen-bond donors (Lipinski definition) is 0. The molecule has 1 nitrogen and oxygen atoms in total. The molecule has 0 atom stereocenters. The Bertz CT molecular complexity index is 662. The van der Waals surface area contributed by atoms with E-state index in [0.29, 0.717) is 0 Å². The van der Waals surface area contributed by atoms with Crippen molar-refractivity contribution in [1.29, 1.82) is 0 Å². The molecule has 0 aliphatic carbocycles. The van der Waals surface area contributed by atoms with Gasteiger partial charge in [0.2, 0.25) is 0 Å². The average molecular weight is 412 g/mol. The van der Waals surface area contributed by atoms with Crippen LogP contribution in [0.1, 0.15) is 52.7 Å². The summed E-state index contributed by atoms with van der Waals surface area (Å²) >= 11 is 0. The van der Waals surface area contributed by atoms with Gasteiger partial charge in [-0.3, -0.25) is 4.98 Å². The molecule has 0 saturated heterocycles. The normalized spacial score (nSPS) is 12.4. The average Bonchev–Trinajstić information content (AvgIpc) is 2.76. The Kier molecular flexibility index (Phi) is 8.69. The first kappa shape index (κ1) is 23.1. The van der Waals surface area contributed by atoms with E-state index in [2.05, 4.69) is 71.9 Å². The van der Waals surface area contributed by atoms with Gasteiger partial charge in [0.1, 0.15) is 0 Å². The van der Waals surface area contributed by atoms with Crippen LogP contribution in [-0.2, 0) is 12.1 Å². The van der Waals surface area contributed by atoms with Gasteiger partial charge in [0.05, 0.1) is 21.8 Å². The Labute approximate surface area is 176 Å². The van der Waals surface area contributed by atoms with Gasteiger partial charge in [0.15, 0.2) is 0 Å². The molecule has 0 saturated carbocycles. The van der Waals surface area contributed by atoms with E-state index < -0.39 is 16.1 Å². The van der Waals surface area contributed by atoms with Gasteiger partial charge in [0, 0.05) is 11.8 Å². The van der Waals surface area contributed by atoms with E-state index in [-0.39, 0.29) is 0 Å². The van der Waals surface area contributed by atoms with Crippen molar-refractivity contribution in [1.82, 2.24) is 4.98 Å². The van der Waals surface area contributed by atoms with Gasteiger partial charge in [-0.1, -0.05) is 102 Å². The van der Waals surface area contributed by atoms with Crippen LogP contribution in [-0.4, -0.2) is 21.1 Å². The van der Waals surface area contributed by atoms with E-state index in [4.69, 9.17) is 4.98 Å². The molecule has 0 unspecified atom stereocenters. The summed E-state index contributed by atoms with van der Waals surface area (Å²) in [5.74, 6) is 0. The molecule has 0 fully saturated rings. The van der Waals surface area contributed by atoms with Gasteiger partial charge >= 0.3 is 0 Å². The number of pyridine rings is 1. The Morgan fingerprint density at radius 2 is 1.07 bits per heavy atom. The summed E-state index contributed by atoms with van der Waals surface area (Å²) < 4.78 is 0. The number of rotatable bonds is 11. The molecular weight excluding hydrogens is 370 g/mol. The van der Waals surface area contributed by atoms with Crippen LogP contribution in [0.3, 0.4) is 0 Å². The third kappa shape index (κ3) is 5.04. The minimum atomic E-state index is -1.25. The van der Waals surface area contributed by atoms with E-state index in [0.717, 1.165) is 0 Å². The summed E-state index contributed by atoms with van der Waals surface area (Å²) in [6, 6.07) is 24.4. The van der Waals surface area contributed by atoms with Crippen LogP contribution >= 0.6 is 0 Å². The Morgan fingerprint density at radius 1 is 0.607 bits per heavy atom. The quantitative estimate of drug-likeness (QED) is 0.342. The summed E-state index contributed by atoms with van der Waals surface area (Å²) in [7, 11) is -2.49. The predicted molar refractivity (Wildman–Crippen MR) is 131 cm³/mol. The molecule has 3 heteroatoms. The summed E-state index contributed by atoms with van der Waals surface area (Å²) in [5.41, 5.74) is 5.80. The third-order valence-corrected chi connectivity index (χ3v) is 19.1. The standard InChI is InChI=1S/C25H41NSi2/c1-7-27(8-2,9-3)20-22-16-15-17-23(21-28(10-4,11-5)12-6)25(22)24-18-13-14-19-26-24/h13-19H,7-12,20-21H2,1-6H3. The van der Waals surface area contributed by atoms with Gasteiger partial charge in [-0.2, -0.15) is 0 Å². The van der Waals surface area contributed by atoms with Crippen molar-refractivity contribution in [2.75, 3.05) is 0 Å². The Balaban J connectivity index is 2.61. The van der Waals surface area contributed by atoms with Gasteiger partial charge in [-0.05, 0) is 35.3 Å².